The summed E-state index contributed by atoms with van der Waals surface area (Å²) in [6, 6.07) is 3.07. The van der Waals surface area contributed by atoms with Crippen LogP contribution in [0.4, 0.5) is 19.7 Å². The Morgan fingerprint density at radius 3 is 2.76 bits per heavy atom. The van der Waals surface area contributed by atoms with E-state index in [-0.39, 0.29) is 22.8 Å². The van der Waals surface area contributed by atoms with Crippen LogP contribution < -0.4 is 16.0 Å². The molecule has 0 radical (unpaired) electrons. The zero-order chi connectivity index (χ0) is 15.6. The van der Waals surface area contributed by atoms with Gasteiger partial charge in [0.1, 0.15) is 22.3 Å². The summed E-state index contributed by atoms with van der Waals surface area (Å²) >= 11 is 1.13. The first-order chi connectivity index (χ1) is 9.88. The molecule has 1 amide bonds. The number of amides is 1. The molecule has 0 unspecified atom stereocenters. The molecule has 0 bridgehead atoms. The number of halogens is 2. The minimum Gasteiger partial charge on any atom is -0.382 e. The number of hydrogen-bond donors (Lipinski definition) is 2. The van der Waals surface area contributed by atoms with E-state index in [1.165, 1.54) is 0 Å². The van der Waals surface area contributed by atoms with Crippen molar-refractivity contribution in [1.29, 1.82) is 0 Å². The number of nitrogens with two attached hydrogens (primary N) is 1. The largest absolute Gasteiger partial charge is 0.382 e. The lowest BCUT2D eigenvalue weighted by Gasteiger charge is -2.06. The molecule has 8 heteroatoms. The topological polar surface area (TPSA) is 71.2 Å². The number of thiazole rings is 1. The minimum absolute atomic E-state index is 0.0688. The van der Waals surface area contributed by atoms with Crippen molar-refractivity contribution in [3.8, 4) is 0 Å². The normalized spacial score (nSPS) is 10.5. The molecule has 2 rings (SSSR count). The van der Waals surface area contributed by atoms with Crippen LogP contribution in [0, 0.1) is 11.6 Å². The second-order valence-electron chi connectivity index (χ2n) is 4.52. The number of nitrogen functional groups attached to an aromatic ring is 1. The lowest BCUT2D eigenvalue weighted by atomic mass is 10.2. The Morgan fingerprint density at radius 1 is 1.43 bits per heavy atom. The fraction of sp³-hybridized carbons (Fsp3) is 0.231. The molecule has 0 fully saturated rings. The Kier molecular flexibility index (Phi) is 4.37. The number of benzene rings is 1. The second kappa shape index (κ2) is 6.04. The molecule has 0 aliphatic heterocycles. The van der Waals surface area contributed by atoms with Crippen molar-refractivity contribution in [1.82, 2.24) is 10.3 Å². The van der Waals surface area contributed by atoms with E-state index < -0.39 is 17.5 Å². The number of hydrogen-bond acceptors (Lipinski definition) is 5. The van der Waals surface area contributed by atoms with Gasteiger partial charge in [0.25, 0.3) is 5.91 Å². The summed E-state index contributed by atoms with van der Waals surface area (Å²) in [7, 11) is 3.56. The third kappa shape index (κ3) is 3.46. The summed E-state index contributed by atoms with van der Waals surface area (Å²) in [5.41, 5.74) is 5.75. The van der Waals surface area contributed by atoms with Gasteiger partial charge in [0.2, 0.25) is 0 Å². The molecule has 21 heavy (non-hydrogen) atoms. The van der Waals surface area contributed by atoms with Crippen LogP contribution in [0.2, 0.25) is 0 Å². The van der Waals surface area contributed by atoms with Crippen LogP contribution in [0.15, 0.2) is 18.2 Å². The van der Waals surface area contributed by atoms with Gasteiger partial charge in [-0.05, 0) is 18.2 Å². The van der Waals surface area contributed by atoms with E-state index in [1.54, 1.807) is 19.0 Å². The Bertz CT molecular complexity index is 672. The molecule has 0 saturated carbocycles. The molecule has 112 valence electrons. The fourth-order valence-corrected chi connectivity index (χ4v) is 2.43. The second-order valence-corrected chi connectivity index (χ2v) is 5.50. The monoisotopic (exact) mass is 312 g/mol. The lowest BCUT2D eigenvalue weighted by molar-refractivity contribution is 0.0955. The van der Waals surface area contributed by atoms with Crippen molar-refractivity contribution in [2.75, 3.05) is 24.7 Å². The fourth-order valence-electron chi connectivity index (χ4n) is 1.61. The number of carbonyl (C=O) groups is 1. The van der Waals surface area contributed by atoms with Crippen LogP contribution in [0.25, 0.3) is 0 Å². The average Bonchev–Trinajstić information content (AvgIpc) is 2.82. The Balaban J connectivity index is 2.10. The maximum Gasteiger partial charge on any atom is 0.265 e. The number of carbonyl (C=O) groups excluding carboxylic acids is 1. The van der Waals surface area contributed by atoms with Crippen LogP contribution in [-0.4, -0.2) is 25.0 Å². The molecule has 0 spiro atoms. The SMILES string of the molecule is CN(C)c1nc(N)c(C(=O)NCc2cc(F)ccc2F)s1. The quantitative estimate of drug-likeness (QED) is 0.906. The van der Waals surface area contributed by atoms with Crippen LogP contribution in [0.1, 0.15) is 15.2 Å². The summed E-state index contributed by atoms with van der Waals surface area (Å²) in [5.74, 6) is -1.50. The number of nitrogens with one attached hydrogen (secondary N) is 1. The zero-order valence-electron chi connectivity index (χ0n) is 11.5. The van der Waals surface area contributed by atoms with Gasteiger partial charge >= 0.3 is 0 Å². The predicted molar refractivity (Wildman–Crippen MR) is 78.4 cm³/mol. The first-order valence-electron chi connectivity index (χ1n) is 6.04. The van der Waals surface area contributed by atoms with E-state index in [2.05, 4.69) is 10.3 Å². The average molecular weight is 312 g/mol. The molecule has 0 saturated heterocycles. The van der Waals surface area contributed by atoms with Crippen molar-refractivity contribution in [3.63, 3.8) is 0 Å². The van der Waals surface area contributed by atoms with Gasteiger partial charge < -0.3 is 16.0 Å². The maximum atomic E-state index is 13.5. The van der Waals surface area contributed by atoms with E-state index in [0.29, 0.717) is 5.13 Å². The Labute approximate surface area is 124 Å². The summed E-state index contributed by atoms with van der Waals surface area (Å²) in [4.78, 5) is 18.0. The molecule has 0 aliphatic carbocycles. The van der Waals surface area contributed by atoms with Gasteiger partial charge in [0.15, 0.2) is 5.13 Å². The molecule has 1 heterocycles. The van der Waals surface area contributed by atoms with Crippen LogP contribution in [0.3, 0.4) is 0 Å². The molecular formula is C13H14F2N4OS. The third-order valence-electron chi connectivity index (χ3n) is 2.68. The Hall–Kier alpha value is -2.22. The summed E-state index contributed by atoms with van der Waals surface area (Å²) in [6.07, 6.45) is 0. The van der Waals surface area contributed by atoms with Crippen LogP contribution >= 0.6 is 11.3 Å². The minimum atomic E-state index is -0.581. The van der Waals surface area contributed by atoms with Gasteiger partial charge in [-0.3, -0.25) is 4.79 Å². The maximum absolute atomic E-state index is 13.5. The number of rotatable bonds is 4. The van der Waals surface area contributed by atoms with Crippen molar-refractivity contribution < 1.29 is 13.6 Å². The van der Waals surface area contributed by atoms with E-state index in [4.69, 9.17) is 5.73 Å². The highest BCUT2D eigenvalue weighted by Crippen LogP contribution is 2.26. The van der Waals surface area contributed by atoms with Gasteiger partial charge in [0.05, 0.1) is 0 Å². The molecule has 0 atom stereocenters. The van der Waals surface area contributed by atoms with Crippen molar-refractivity contribution in [2.45, 2.75) is 6.54 Å². The molecule has 1 aromatic heterocycles. The van der Waals surface area contributed by atoms with Crippen molar-refractivity contribution >= 4 is 28.2 Å². The van der Waals surface area contributed by atoms with Crippen molar-refractivity contribution in [3.05, 3.63) is 40.3 Å². The van der Waals surface area contributed by atoms with Gasteiger partial charge in [-0.2, -0.15) is 0 Å². The van der Waals surface area contributed by atoms with E-state index >= 15 is 0 Å². The smallest absolute Gasteiger partial charge is 0.265 e. The lowest BCUT2D eigenvalue weighted by Crippen LogP contribution is -2.23. The number of aromatic nitrogens is 1. The summed E-state index contributed by atoms with van der Waals surface area (Å²) in [6.45, 7) is -0.128. The predicted octanol–water partition coefficient (Wildman–Crippen LogP) is 2.00. The first-order valence-corrected chi connectivity index (χ1v) is 6.86. The van der Waals surface area contributed by atoms with Crippen LogP contribution in [0.5, 0.6) is 0 Å². The van der Waals surface area contributed by atoms with Gasteiger partial charge in [0, 0.05) is 26.2 Å². The molecule has 2 aromatic rings. The molecule has 5 nitrogen and oxygen atoms in total. The molecular weight excluding hydrogens is 298 g/mol. The van der Waals surface area contributed by atoms with Gasteiger partial charge in [-0.15, -0.1) is 0 Å². The summed E-state index contributed by atoms with van der Waals surface area (Å²) < 4.78 is 26.5. The molecule has 1 aromatic carbocycles. The summed E-state index contributed by atoms with van der Waals surface area (Å²) in [5, 5.41) is 3.09. The molecule has 3 N–H and O–H groups in total. The van der Waals surface area contributed by atoms with E-state index in [1.807, 2.05) is 0 Å². The zero-order valence-corrected chi connectivity index (χ0v) is 12.3. The number of anilines is 2. The van der Waals surface area contributed by atoms with Gasteiger partial charge in [-0.1, -0.05) is 11.3 Å². The van der Waals surface area contributed by atoms with Crippen LogP contribution in [-0.2, 0) is 6.54 Å². The number of nitrogens with zero attached hydrogens (tertiary/aromatic N) is 2. The molecule has 0 aliphatic rings. The highest BCUT2D eigenvalue weighted by molar-refractivity contribution is 7.18. The Morgan fingerprint density at radius 2 is 2.14 bits per heavy atom. The third-order valence-corrected chi connectivity index (χ3v) is 3.92. The van der Waals surface area contributed by atoms with E-state index in [0.717, 1.165) is 29.5 Å². The standard InChI is InChI=1S/C13H14F2N4OS/c1-19(2)13-18-11(16)10(21-13)12(20)17-6-7-5-8(14)3-4-9(7)15/h3-5H,6,16H2,1-2H3,(H,17,20). The van der Waals surface area contributed by atoms with Crippen molar-refractivity contribution in [2.24, 2.45) is 0 Å². The highest BCUT2D eigenvalue weighted by atomic mass is 32.1. The first kappa shape index (κ1) is 15.2. The van der Waals surface area contributed by atoms with Gasteiger partial charge in [-0.25, -0.2) is 13.8 Å². The highest BCUT2D eigenvalue weighted by Gasteiger charge is 2.17. The van der Waals surface area contributed by atoms with E-state index in [9.17, 15) is 13.6 Å².